The Kier molecular flexibility index (Phi) is 5.58. The van der Waals surface area contributed by atoms with Crippen molar-refractivity contribution in [2.45, 2.75) is 56.6 Å². The molecule has 1 saturated heterocycles. The highest BCUT2D eigenvalue weighted by atomic mass is 32.2. The third-order valence-corrected chi connectivity index (χ3v) is 9.74. The van der Waals surface area contributed by atoms with Crippen LogP contribution >= 0.6 is 0 Å². The first-order valence-corrected chi connectivity index (χ1v) is 13.1. The Balaban J connectivity index is 1.43. The molecule has 2 aliphatic rings. The van der Waals surface area contributed by atoms with Crippen LogP contribution in [0.4, 0.5) is 0 Å². The topological polar surface area (TPSA) is 46.6 Å². The molecule has 4 nitrogen and oxygen atoms in total. The molecule has 5 heteroatoms. The van der Waals surface area contributed by atoms with E-state index in [2.05, 4.69) is 38.1 Å². The van der Waals surface area contributed by atoms with Crippen LogP contribution in [0.2, 0.25) is 0 Å². The van der Waals surface area contributed by atoms with Crippen LogP contribution in [0.15, 0.2) is 77.7 Å². The molecule has 1 aliphatic carbocycles. The van der Waals surface area contributed by atoms with Gasteiger partial charge in [0, 0.05) is 12.6 Å². The summed E-state index contributed by atoms with van der Waals surface area (Å²) in [5.41, 5.74) is 4.67. The quantitative estimate of drug-likeness (QED) is 0.505. The summed E-state index contributed by atoms with van der Waals surface area (Å²) in [5.74, 6) is 1.09. The maximum atomic E-state index is 13.5. The lowest BCUT2D eigenvalue weighted by Crippen LogP contribution is -2.59. The van der Waals surface area contributed by atoms with Crippen molar-refractivity contribution in [1.82, 2.24) is 4.31 Å². The molecule has 0 saturated carbocycles. The van der Waals surface area contributed by atoms with E-state index in [0.29, 0.717) is 18.0 Å². The van der Waals surface area contributed by atoms with E-state index in [0.717, 1.165) is 29.7 Å². The molecule has 5 rings (SSSR count). The molecule has 33 heavy (non-hydrogen) atoms. The summed E-state index contributed by atoms with van der Waals surface area (Å²) in [7, 11) is -3.53. The summed E-state index contributed by atoms with van der Waals surface area (Å²) in [6.45, 7) is 7.55. The molecule has 0 radical (unpaired) electrons. The molecule has 3 aromatic rings. The summed E-state index contributed by atoms with van der Waals surface area (Å²) in [5, 5.41) is 0. The first-order chi connectivity index (χ1) is 15.8. The second-order valence-electron chi connectivity index (χ2n) is 9.75. The lowest BCUT2D eigenvalue weighted by atomic mass is 9.59. The molecule has 0 N–H and O–H groups in total. The van der Waals surface area contributed by atoms with Gasteiger partial charge in [-0.15, -0.1) is 0 Å². The molecule has 1 aliphatic heterocycles. The van der Waals surface area contributed by atoms with Gasteiger partial charge in [-0.3, -0.25) is 0 Å². The summed E-state index contributed by atoms with van der Waals surface area (Å²) in [6.07, 6.45) is 1.53. The van der Waals surface area contributed by atoms with Crippen molar-refractivity contribution < 1.29 is 13.2 Å². The summed E-state index contributed by atoms with van der Waals surface area (Å²) < 4.78 is 35.0. The Bertz CT molecular complexity index is 1250. The van der Waals surface area contributed by atoms with Crippen molar-refractivity contribution >= 4 is 10.0 Å². The fourth-order valence-corrected chi connectivity index (χ4v) is 7.23. The van der Waals surface area contributed by atoms with Crippen LogP contribution in [0.1, 0.15) is 42.5 Å². The molecule has 3 unspecified atom stereocenters. The normalized spacial score (nSPS) is 24.8. The van der Waals surface area contributed by atoms with Crippen molar-refractivity contribution in [3.05, 3.63) is 95.1 Å². The number of nitrogens with zero attached hydrogens (tertiary/aromatic N) is 1. The van der Waals surface area contributed by atoms with Crippen molar-refractivity contribution in [2.75, 3.05) is 6.54 Å². The number of ether oxygens (including phenoxy) is 1. The van der Waals surface area contributed by atoms with Crippen LogP contribution in [0.3, 0.4) is 0 Å². The van der Waals surface area contributed by atoms with Crippen LogP contribution in [0, 0.1) is 12.8 Å². The fourth-order valence-electron chi connectivity index (χ4n) is 5.53. The number of hydrogen-bond donors (Lipinski definition) is 0. The third-order valence-electron chi connectivity index (χ3n) is 7.81. The van der Waals surface area contributed by atoms with Gasteiger partial charge in [-0.2, -0.15) is 4.31 Å². The van der Waals surface area contributed by atoms with Crippen molar-refractivity contribution in [2.24, 2.45) is 5.92 Å². The van der Waals surface area contributed by atoms with Gasteiger partial charge >= 0.3 is 0 Å². The van der Waals surface area contributed by atoms with E-state index < -0.39 is 10.0 Å². The Hall–Kier alpha value is -2.63. The number of benzene rings is 3. The molecular weight excluding hydrogens is 430 g/mol. The minimum atomic E-state index is -3.53. The van der Waals surface area contributed by atoms with Crippen LogP contribution in [0.5, 0.6) is 5.75 Å². The third kappa shape index (κ3) is 3.87. The molecular formula is C28H31NO3S. The van der Waals surface area contributed by atoms with Crippen molar-refractivity contribution in [1.29, 1.82) is 0 Å². The van der Waals surface area contributed by atoms with Gasteiger partial charge in [-0.05, 0) is 72.1 Å². The van der Waals surface area contributed by atoms with E-state index >= 15 is 0 Å². The first kappa shape index (κ1) is 22.2. The summed E-state index contributed by atoms with van der Waals surface area (Å²) >= 11 is 0. The fraction of sp³-hybridized carbons (Fsp3) is 0.357. The second-order valence-corrected chi connectivity index (χ2v) is 11.6. The molecule has 2 bridgehead atoms. The minimum absolute atomic E-state index is 0.0429. The molecule has 3 atom stereocenters. The zero-order chi connectivity index (χ0) is 23.2. The van der Waals surface area contributed by atoms with Gasteiger partial charge in [-0.1, -0.05) is 67.9 Å². The highest BCUT2D eigenvalue weighted by Gasteiger charge is 2.51. The zero-order valence-corrected chi connectivity index (χ0v) is 20.3. The molecule has 172 valence electrons. The van der Waals surface area contributed by atoms with Gasteiger partial charge in [-0.25, -0.2) is 8.42 Å². The first-order valence-electron chi connectivity index (χ1n) is 11.7. The molecule has 1 fully saturated rings. The van der Waals surface area contributed by atoms with Gasteiger partial charge < -0.3 is 4.74 Å². The van der Waals surface area contributed by atoms with E-state index in [1.807, 2.05) is 43.3 Å². The monoisotopic (exact) mass is 461 g/mol. The maximum absolute atomic E-state index is 13.5. The predicted molar refractivity (Wildman–Crippen MR) is 131 cm³/mol. The van der Waals surface area contributed by atoms with Gasteiger partial charge in [0.2, 0.25) is 10.0 Å². The summed E-state index contributed by atoms with van der Waals surface area (Å²) in [4.78, 5) is 0.388. The highest BCUT2D eigenvalue weighted by molar-refractivity contribution is 7.89. The van der Waals surface area contributed by atoms with Gasteiger partial charge in [0.15, 0.2) is 0 Å². The Morgan fingerprint density at radius 2 is 1.76 bits per heavy atom. The van der Waals surface area contributed by atoms with Gasteiger partial charge in [0.1, 0.15) is 12.4 Å². The van der Waals surface area contributed by atoms with E-state index in [-0.39, 0.29) is 17.4 Å². The molecule has 0 spiro atoms. The number of rotatable bonds is 5. The lowest BCUT2D eigenvalue weighted by molar-refractivity contribution is 0.0889. The van der Waals surface area contributed by atoms with Crippen LogP contribution < -0.4 is 4.74 Å². The Morgan fingerprint density at radius 1 is 1.03 bits per heavy atom. The minimum Gasteiger partial charge on any atom is -0.489 e. The van der Waals surface area contributed by atoms with E-state index in [4.69, 9.17) is 4.74 Å². The molecule has 3 aromatic carbocycles. The van der Waals surface area contributed by atoms with Crippen LogP contribution in [0.25, 0.3) is 0 Å². The number of hydrogen-bond acceptors (Lipinski definition) is 3. The summed E-state index contributed by atoms with van der Waals surface area (Å²) in [6, 6.07) is 23.7. The zero-order valence-electron chi connectivity index (χ0n) is 19.5. The lowest BCUT2D eigenvalue weighted by Gasteiger charge is -2.53. The average molecular weight is 462 g/mol. The van der Waals surface area contributed by atoms with Crippen molar-refractivity contribution in [3.8, 4) is 5.75 Å². The van der Waals surface area contributed by atoms with Gasteiger partial charge in [0.05, 0.1) is 4.90 Å². The SMILES string of the molecule is Cc1ccc(S(=O)(=O)N2CCC3(C)c4cc(OCc5ccccc5)ccc4CC2C3C)cc1. The van der Waals surface area contributed by atoms with Crippen LogP contribution in [-0.2, 0) is 28.5 Å². The average Bonchev–Trinajstić information content (AvgIpc) is 2.81. The molecule has 1 heterocycles. The highest BCUT2D eigenvalue weighted by Crippen LogP contribution is 2.50. The standard InChI is InChI=1S/C28H31NO3S/c1-20-9-13-25(14-10-20)33(30,31)29-16-15-28(3)21(2)27(29)17-23-11-12-24(18-26(23)28)32-19-22-7-5-4-6-8-22/h4-14,18,21,27H,15-17,19H2,1-3H3. The van der Waals surface area contributed by atoms with E-state index in [1.54, 1.807) is 16.4 Å². The largest absolute Gasteiger partial charge is 0.489 e. The molecule has 0 aromatic heterocycles. The van der Waals surface area contributed by atoms with Crippen LogP contribution in [-0.4, -0.2) is 25.3 Å². The number of fused-ring (bicyclic) bond motifs is 4. The number of aryl methyl sites for hydroxylation is 1. The van der Waals surface area contributed by atoms with E-state index in [9.17, 15) is 8.42 Å². The Morgan fingerprint density at radius 3 is 2.48 bits per heavy atom. The van der Waals surface area contributed by atoms with Gasteiger partial charge in [0.25, 0.3) is 0 Å². The van der Waals surface area contributed by atoms with Crippen molar-refractivity contribution in [3.63, 3.8) is 0 Å². The predicted octanol–water partition coefficient (Wildman–Crippen LogP) is 5.49. The smallest absolute Gasteiger partial charge is 0.243 e. The maximum Gasteiger partial charge on any atom is 0.243 e. The van der Waals surface area contributed by atoms with E-state index in [1.165, 1.54) is 11.1 Å². The number of sulfonamides is 1. The Labute approximate surface area is 197 Å². The molecule has 0 amide bonds. The number of piperidine rings is 1. The second kappa shape index (κ2) is 8.30.